The van der Waals surface area contributed by atoms with E-state index >= 15 is 0 Å². The molecule has 0 bridgehead atoms. The fourth-order valence-electron chi connectivity index (χ4n) is 2.30. The van der Waals surface area contributed by atoms with Gasteiger partial charge < -0.3 is 10.1 Å². The van der Waals surface area contributed by atoms with Gasteiger partial charge >= 0.3 is 0 Å². The first kappa shape index (κ1) is 15.4. The molecule has 1 heterocycles. The minimum Gasteiger partial charge on any atom is -0.464 e. The highest BCUT2D eigenvalue weighted by atomic mass is 35.5. The Morgan fingerprint density at radius 3 is 2.70 bits per heavy atom. The molecule has 0 fully saturated rings. The van der Waals surface area contributed by atoms with Gasteiger partial charge in [-0.2, -0.15) is 0 Å². The molecule has 2 aromatic carbocycles. The number of rotatable bonds is 2. The predicted octanol–water partition coefficient (Wildman–Crippen LogP) is 4.89. The van der Waals surface area contributed by atoms with Gasteiger partial charge in [0.25, 0.3) is 5.91 Å². The third-order valence-corrected chi connectivity index (χ3v) is 3.99. The van der Waals surface area contributed by atoms with E-state index in [0.717, 1.165) is 16.8 Å². The van der Waals surface area contributed by atoms with E-state index in [2.05, 4.69) is 5.32 Å². The Morgan fingerprint density at radius 1 is 1.09 bits per heavy atom. The Bertz CT molecular complexity index is 837. The molecule has 1 N–H and O–H groups in total. The zero-order chi connectivity index (χ0) is 16.4. The quantitative estimate of drug-likeness (QED) is 0.854. The SMILES string of the molecule is Cc1ccc(NC(=O)C2=Cc3cc(Cl)ccc3OC=C2)cc1C. The van der Waals surface area contributed by atoms with Gasteiger partial charge in [0, 0.05) is 21.8 Å². The van der Waals surface area contributed by atoms with Crippen molar-refractivity contribution in [2.45, 2.75) is 13.8 Å². The zero-order valence-corrected chi connectivity index (χ0v) is 13.6. The Morgan fingerprint density at radius 2 is 1.91 bits per heavy atom. The van der Waals surface area contributed by atoms with Gasteiger partial charge in [-0.1, -0.05) is 17.7 Å². The van der Waals surface area contributed by atoms with Crippen molar-refractivity contribution in [2.75, 3.05) is 5.32 Å². The van der Waals surface area contributed by atoms with E-state index in [1.165, 1.54) is 11.8 Å². The van der Waals surface area contributed by atoms with Crippen LogP contribution in [0.1, 0.15) is 16.7 Å². The third-order valence-electron chi connectivity index (χ3n) is 3.75. The predicted molar refractivity (Wildman–Crippen MR) is 93.7 cm³/mol. The molecule has 0 saturated carbocycles. The number of halogens is 1. The number of anilines is 1. The van der Waals surface area contributed by atoms with Gasteiger partial charge in [0.05, 0.1) is 6.26 Å². The number of aryl methyl sites for hydroxylation is 2. The van der Waals surface area contributed by atoms with Gasteiger partial charge in [-0.05, 0) is 67.5 Å². The van der Waals surface area contributed by atoms with Crippen LogP contribution >= 0.6 is 11.6 Å². The van der Waals surface area contributed by atoms with Crippen LogP contribution in [0.3, 0.4) is 0 Å². The maximum Gasteiger partial charge on any atom is 0.255 e. The molecular weight excluding hydrogens is 310 g/mol. The van der Waals surface area contributed by atoms with E-state index < -0.39 is 0 Å². The Hall–Kier alpha value is -2.52. The van der Waals surface area contributed by atoms with Gasteiger partial charge in [0.15, 0.2) is 0 Å². The molecule has 0 spiro atoms. The molecule has 1 aliphatic rings. The lowest BCUT2D eigenvalue weighted by Crippen LogP contribution is -2.13. The number of ether oxygens (including phenoxy) is 1. The van der Waals surface area contributed by atoms with Crippen molar-refractivity contribution in [3.63, 3.8) is 0 Å². The summed E-state index contributed by atoms with van der Waals surface area (Å²) in [5.74, 6) is 0.473. The Balaban J connectivity index is 1.88. The largest absolute Gasteiger partial charge is 0.464 e. The van der Waals surface area contributed by atoms with Crippen molar-refractivity contribution in [3.8, 4) is 5.75 Å². The summed E-state index contributed by atoms with van der Waals surface area (Å²) in [6.45, 7) is 4.05. The van der Waals surface area contributed by atoms with Crippen LogP contribution in [0, 0.1) is 13.8 Å². The van der Waals surface area contributed by atoms with Crippen LogP contribution in [-0.4, -0.2) is 5.91 Å². The highest BCUT2D eigenvalue weighted by Crippen LogP contribution is 2.28. The number of amides is 1. The lowest BCUT2D eigenvalue weighted by molar-refractivity contribution is -0.112. The maximum atomic E-state index is 12.5. The van der Waals surface area contributed by atoms with E-state index in [9.17, 15) is 4.79 Å². The summed E-state index contributed by atoms with van der Waals surface area (Å²) in [5.41, 5.74) is 4.36. The number of fused-ring (bicyclic) bond motifs is 1. The second-order valence-corrected chi connectivity index (χ2v) is 5.89. The molecular formula is C19H16ClNO2. The number of hydrogen-bond acceptors (Lipinski definition) is 2. The maximum absolute atomic E-state index is 12.5. The fraction of sp³-hybridized carbons (Fsp3) is 0.105. The summed E-state index contributed by atoms with van der Waals surface area (Å²) in [4.78, 5) is 12.5. The van der Waals surface area contributed by atoms with Gasteiger partial charge in [0.1, 0.15) is 5.75 Å². The minimum absolute atomic E-state index is 0.194. The summed E-state index contributed by atoms with van der Waals surface area (Å²) >= 11 is 6.01. The van der Waals surface area contributed by atoms with E-state index in [-0.39, 0.29) is 5.91 Å². The monoisotopic (exact) mass is 325 g/mol. The topological polar surface area (TPSA) is 38.3 Å². The zero-order valence-electron chi connectivity index (χ0n) is 12.9. The highest BCUT2D eigenvalue weighted by Gasteiger charge is 2.13. The molecule has 0 aromatic heterocycles. The van der Waals surface area contributed by atoms with E-state index in [1.807, 2.05) is 32.0 Å². The first-order valence-electron chi connectivity index (χ1n) is 7.26. The molecule has 4 heteroatoms. The third kappa shape index (κ3) is 3.46. The fourth-order valence-corrected chi connectivity index (χ4v) is 2.48. The van der Waals surface area contributed by atoms with Crippen molar-refractivity contribution in [1.82, 2.24) is 0 Å². The molecule has 0 radical (unpaired) electrons. The lowest BCUT2D eigenvalue weighted by Gasteiger charge is -2.08. The van der Waals surface area contributed by atoms with Crippen molar-refractivity contribution in [1.29, 1.82) is 0 Å². The molecule has 0 unspecified atom stereocenters. The van der Waals surface area contributed by atoms with Crippen LogP contribution in [0.2, 0.25) is 5.02 Å². The average Bonchev–Trinajstić information content (AvgIpc) is 2.72. The Kier molecular flexibility index (Phi) is 4.22. The summed E-state index contributed by atoms with van der Waals surface area (Å²) in [5, 5.41) is 3.50. The van der Waals surface area contributed by atoms with Gasteiger partial charge in [-0.3, -0.25) is 4.79 Å². The van der Waals surface area contributed by atoms with Gasteiger partial charge in [0.2, 0.25) is 0 Å². The van der Waals surface area contributed by atoms with Crippen molar-refractivity contribution >= 4 is 29.3 Å². The lowest BCUT2D eigenvalue weighted by atomic mass is 10.1. The Labute approximate surface area is 140 Å². The average molecular weight is 326 g/mol. The van der Waals surface area contributed by atoms with Gasteiger partial charge in [-0.25, -0.2) is 0 Å². The summed E-state index contributed by atoms with van der Waals surface area (Å²) in [6.07, 6.45) is 4.91. The van der Waals surface area contributed by atoms with Crippen LogP contribution in [0.5, 0.6) is 5.75 Å². The molecule has 1 aliphatic heterocycles. The van der Waals surface area contributed by atoms with Crippen LogP contribution in [0.4, 0.5) is 5.69 Å². The summed E-state index contributed by atoms with van der Waals surface area (Å²) in [6, 6.07) is 11.1. The molecule has 0 saturated heterocycles. The molecule has 1 amide bonds. The second-order valence-electron chi connectivity index (χ2n) is 5.46. The first-order chi connectivity index (χ1) is 11.0. The van der Waals surface area contributed by atoms with Crippen molar-refractivity contribution in [3.05, 3.63) is 76.0 Å². The number of carbonyl (C=O) groups excluding carboxylic acids is 1. The molecule has 116 valence electrons. The smallest absolute Gasteiger partial charge is 0.255 e. The van der Waals surface area contributed by atoms with E-state index in [0.29, 0.717) is 16.3 Å². The summed E-state index contributed by atoms with van der Waals surface area (Å²) < 4.78 is 5.50. The molecule has 0 aliphatic carbocycles. The number of benzene rings is 2. The molecule has 3 nitrogen and oxygen atoms in total. The van der Waals surface area contributed by atoms with Crippen LogP contribution in [-0.2, 0) is 4.79 Å². The first-order valence-corrected chi connectivity index (χ1v) is 7.64. The number of hydrogen-bond donors (Lipinski definition) is 1. The highest BCUT2D eigenvalue weighted by molar-refractivity contribution is 6.30. The minimum atomic E-state index is -0.194. The van der Waals surface area contributed by atoms with Crippen LogP contribution < -0.4 is 10.1 Å². The van der Waals surface area contributed by atoms with Crippen LogP contribution in [0.15, 0.2) is 54.3 Å². The molecule has 0 atom stereocenters. The number of carbonyl (C=O) groups is 1. The van der Waals surface area contributed by atoms with Crippen molar-refractivity contribution in [2.24, 2.45) is 0 Å². The standard InChI is InChI=1S/C19H16ClNO2/c1-12-3-5-17(9-13(12)2)21-19(22)14-7-8-23-18-6-4-16(20)11-15(18)10-14/h3-11H,1-2H3,(H,21,22). The molecule has 2 aromatic rings. The number of nitrogens with one attached hydrogen (secondary N) is 1. The summed E-state index contributed by atoms with van der Waals surface area (Å²) in [7, 11) is 0. The molecule has 3 rings (SSSR count). The normalized spacial score (nSPS) is 12.7. The molecule has 23 heavy (non-hydrogen) atoms. The van der Waals surface area contributed by atoms with Gasteiger partial charge in [-0.15, -0.1) is 0 Å². The van der Waals surface area contributed by atoms with E-state index in [1.54, 1.807) is 30.4 Å². The van der Waals surface area contributed by atoms with Crippen LogP contribution in [0.25, 0.3) is 6.08 Å². The second kappa shape index (κ2) is 6.31. The van der Waals surface area contributed by atoms with E-state index in [4.69, 9.17) is 16.3 Å². The van der Waals surface area contributed by atoms with Crippen molar-refractivity contribution < 1.29 is 9.53 Å².